The number of nitrogens with zero attached hydrogens (tertiary/aromatic N) is 1. The Kier molecular flexibility index (Phi) is 7.31. The molecule has 6 heteroatoms. The number of guanidine groups is 1. The lowest BCUT2D eigenvalue weighted by atomic mass is 10.1. The van der Waals surface area contributed by atoms with E-state index >= 15 is 0 Å². The first-order chi connectivity index (χ1) is 11.6. The van der Waals surface area contributed by atoms with E-state index in [4.69, 9.17) is 9.47 Å². The highest BCUT2D eigenvalue weighted by Gasteiger charge is 2.22. The van der Waals surface area contributed by atoms with Gasteiger partial charge in [-0.1, -0.05) is 6.07 Å². The van der Waals surface area contributed by atoms with Crippen molar-refractivity contribution in [3.63, 3.8) is 0 Å². The highest BCUT2D eigenvalue weighted by molar-refractivity contribution is 5.80. The van der Waals surface area contributed by atoms with Gasteiger partial charge in [0.15, 0.2) is 17.5 Å². The highest BCUT2D eigenvalue weighted by Crippen LogP contribution is 2.30. The molecular formula is C18H28FN3O2. The maximum atomic E-state index is 14.2. The second-order valence-corrected chi connectivity index (χ2v) is 6.16. The Balaban J connectivity index is 1.85. The van der Waals surface area contributed by atoms with Crippen LogP contribution in [0.1, 0.15) is 37.8 Å². The molecule has 1 saturated carbocycles. The number of benzene rings is 1. The highest BCUT2D eigenvalue weighted by atomic mass is 19.1. The molecule has 2 rings (SSSR count). The van der Waals surface area contributed by atoms with Crippen LogP contribution in [0.5, 0.6) is 5.75 Å². The number of halogens is 1. The summed E-state index contributed by atoms with van der Waals surface area (Å²) >= 11 is 0. The first-order valence-corrected chi connectivity index (χ1v) is 8.52. The first-order valence-electron chi connectivity index (χ1n) is 8.52. The molecule has 0 aliphatic heterocycles. The van der Waals surface area contributed by atoms with Crippen LogP contribution in [-0.4, -0.2) is 39.9 Å². The Hall–Kier alpha value is -1.82. The minimum Gasteiger partial charge on any atom is -0.490 e. The molecule has 0 aromatic heterocycles. The van der Waals surface area contributed by atoms with Gasteiger partial charge in [0, 0.05) is 27.3 Å². The van der Waals surface area contributed by atoms with Crippen molar-refractivity contribution in [1.29, 1.82) is 0 Å². The second-order valence-electron chi connectivity index (χ2n) is 6.16. The average molecular weight is 337 g/mol. The summed E-state index contributed by atoms with van der Waals surface area (Å²) in [5, 5.41) is 6.47. The molecule has 1 aliphatic rings. The molecule has 0 amide bonds. The quantitative estimate of drug-likeness (QED) is 0.413. The molecule has 0 saturated heterocycles. The number of rotatable bonds is 9. The second kappa shape index (κ2) is 9.47. The Bertz CT molecular complexity index is 547. The summed E-state index contributed by atoms with van der Waals surface area (Å²) in [5.41, 5.74) is 0.853. The van der Waals surface area contributed by atoms with Gasteiger partial charge in [0.05, 0.1) is 12.6 Å². The van der Waals surface area contributed by atoms with Gasteiger partial charge in [-0.15, -0.1) is 0 Å². The van der Waals surface area contributed by atoms with Crippen LogP contribution in [0.2, 0.25) is 0 Å². The molecule has 0 radical (unpaired) electrons. The number of nitrogens with one attached hydrogen (secondary N) is 2. The molecule has 134 valence electrons. The Labute approximate surface area is 143 Å². The Morgan fingerprint density at radius 3 is 2.83 bits per heavy atom. The van der Waals surface area contributed by atoms with Gasteiger partial charge in [-0.25, -0.2) is 4.39 Å². The van der Waals surface area contributed by atoms with Gasteiger partial charge in [-0.05, 0) is 49.8 Å². The summed E-state index contributed by atoms with van der Waals surface area (Å²) in [7, 11) is 3.40. The number of ether oxygens (including phenoxy) is 2. The lowest BCUT2D eigenvalue weighted by Crippen LogP contribution is -2.39. The molecule has 0 spiro atoms. The largest absolute Gasteiger partial charge is 0.490 e. The lowest BCUT2D eigenvalue weighted by molar-refractivity contribution is 0.195. The Morgan fingerprint density at radius 1 is 1.42 bits per heavy atom. The molecule has 5 nitrogen and oxygen atoms in total. The summed E-state index contributed by atoms with van der Waals surface area (Å²) in [4.78, 5) is 4.18. The molecule has 1 unspecified atom stereocenters. The van der Waals surface area contributed by atoms with Crippen LogP contribution in [0.3, 0.4) is 0 Å². The Morgan fingerprint density at radius 2 is 2.21 bits per heavy atom. The summed E-state index contributed by atoms with van der Waals surface area (Å²) in [6, 6.07) is 5.06. The van der Waals surface area contributed by atoms with Crippen molar-refractivity contribution in [2.75, 3.05) is 33.9 Å². The third kappa shape index (κ3) is 6.00. The van der Waals surface area contributed by atoms with E-state index in [0.29, 0.717) is 30.8 Å². The standard InChI is InChI=1S/C18H28FN3O2/c1-13(22-18(20-2)21-9-4-10-23-3)15-7-8-17(16(19)11-15)24-12-14-5-6-14/h7-8,11,13-14H,4-6,9-10,12H2,1-3H3,(H2,20,21,22). The fraction of sp³-hybridized carbons (Fsp3) is 0.611. The van der Waals surface area contributed by atoms with Gasteiger partial charge < -0.3 is 20.1 Å². The van der Waals surface area contributed by atoms with Gasteiger partial charge >= 0.3 is 0 Å². The summed E-state index contributed by atoms with van der Waals surface area (Å²) in [6.45, 7) is 4.05. The molecule has 2 N–H and O–H groups in total. The van der Waals surface area contributed by atoms with Crippen LogP contribution in [0.15, 0.2) is 23.2 Å². The van der Waals surface area contributed by atoms with E-state index in [1.807, 2.05) is 13.0 Å². The number of methoxy groups -OCH3 is 1. The number of hydrogen-bond acceptors (Lipinski definition) is 3. The SMILES string of the molecule is CN=C(NCCCOC)NC(C)c1ccc(OCC2CC2)c(F)c1. The van der Waals surface area contributed by atoms with E-state index in [-0.39, 0.29) is 11.9 Å². The van der Waals surface area contributed by atoms with Gasteiger partial charge in [-0.3, -0.25) is 4.99 Å². The molecule has 1 aromatic rings. The predicted molar refractivity (Wildman–Crippen MR) is 94.0 cm³/mol. The van der Waals surface area contributed by atoms with Gasteiger partial charge in [-0.2, -0.15) is 0 Å². The van der Waals surface area contributed by atoms with Crippen molar-refractivity contribution >= 4 is 5.96 Å². The van der Waals surface area contributed by atoms with Gasteiger partial charge in [0.1, 0.15) is 0 Å². The van der Waals surface area contributed by atoms with Crippen LogP contribution >= 0.6 is 0 Å². The van der Waals surface area contributed by atoms with E-state index < -0.39 is 0 Å². The molecule has 1 atom stereocenters. The van der Waals surface area contributed by atoms with Crippen LogP contribution in [-0.2, 0) is 4.74 Å². The number of aliphatic imine (C=N–C) groups is 1. The van der Waals surface area contributed by atoms with E-state index in [1.54, 1.807) is 20.2 Å². The third-order valence-electron chi connectivity index (χ3n) is 4.02. The van der Waals surface area contributed by atoms with Crippen LogP contribution in [0.4, 0.5) is 4.39 Å². The smallest absolute Gasteiger partial charge is 0.191 e. The molecule has 1 fully saturated rings. The van der Waals surface area contributed by atoms with E-state index in [9.17, 15) is 4.39 Å². The summed E-state index contributed by atoms with van der Waals surface area (Å²) in [5.74, 6) is 1.31. The van der Waals surface area contributed by atoms with Crippen molar-refractivity contribution in [1.82, 2.24) is 10.6 Å². The molecular weight excluding hydrogens is 309 g/mol. The van der Waals surface area contributed by atoms with Crippen LogP contribution < -0.4 is 15.4 Å². The minimum atomic E-state index is -0.315. The van der Waals surface area contributed by atoms with Crippen molar-refractivity contribution in [3.05, 3.63) is 29.6 Å². The van der Waals surface area contributed by atoms with E-state index in [1.165, 1.54) is 18.9 Å². The normalized spacial score (nSPS) is 15.9. The minimum absolute atomic E-state index is 0.0643. The summed E-state index contributed by atoms with van der Waals surface area (Å²) in [6.07, 6.45) is 3.28. The van der Waals surface area contributed by atoms with Gasteiger partial charge in [0.25, 0.3) is 0 Å². The maximum absolute atomic E-state index is 14.2. The average Bonchev–Trinajstić information content (AvgIpc) is 3.40. The lowest BCUT2D eigenvalue weighted by Gasteiger charge is -2.19. The summed E-state index contributed by atoms with van der Waals surface area (Å²) < 4.78 is 24.7. The van der Waals surface area contributed by atoms with Crippen molar-refractivity contribution in [2.24, 2.45) is 10.9 Å². The maximum Gasteiger partial charge on any atom is 0.191 e. The molecule has 1 aromatic carbocycles. The molecule has 0 heterocycles. The van der Waals surface area contributed by atoms with Crippen molar-refractivity contribution < 1.29 is 13.9 Å². The topological polar surface area (TPSA) is 54.9 Å². The van der Waals surface area contributed by atoms with Crippen LogP contribution in [0.25, 0.3) is 0 Å². The predicted octanol–water partition coefficient (Wildman–Crippen LogP) is 2.88. The first kappa shape index (κ1) is 18.5. The molecule has 1 aliphatic carbocycles. The van der Waals surface area contributed by atoms with Crippen LogP contribution in [0, 0.1) is 11.7 Å². The van der Waals surface area contributed by atoms with E-state index in [2.05, 4.69) is 15.6 Å². The van der Waals surface area contributed by atoms with E-state index in [0.717, 1.165) is 18.5 Å². The van der Waals surface area contributed by atoms with Gasteiger partial charge in [0.2, 0.25) is 0 Å². The third-order valence-corrected chi connectivity index (χ3v) is 4.02. The number of hydrogen-bond donors (Lipinski definition) is 2. The molecule has 24 heavy (non-hydrogen) atoms. The molecule has 0 bridgehead atoms. The zero-order valence-electron chi connectivity index (χ0n) is 14.8. The van der Waals surface area contributed by atoms with Crippen molar-refractivity contribution in [3.8, 4) is 5.75 Å². The monoisotopic (exact) mass is 337 g/mol. The van der Waals surface area contributed by atoms with Crippen molar-refractivity contribution in [2.45, 2.75) is 32.2 Å². The fourth-order valence-electron chi connectivity index (χ4n) is 2.30. The fourth-order valence-corrected chi connectivity index (χ4v) is 2.30. The zero-order chi connectivity index (χ0) is 17.4. The zero-order valence-corrected chi connectivity index (χ0v) is 14.8.